The average Bonchev–Trinajstić information content (AvgIpc) is 3.47. The summed E-state index contributed by atoms with van der Waals surface area (Å²) in [7, 11) is 0. The Hall–Kier alpha value is -4.29. The van der Waals surface area contributed by atoms with Gasteiger partial charge in [0.1, 0.15) is 5.65 Å². The molecular weight excluding hydrogens is 412 g/mol. The Labute approximate surface area is 190 Å². The van der Waals surface area contributed by atoms with Gasteiger partial charge in [-0.05, 0) is 46.0 Å². The van der Waals surface area contributed by atoms with Crippen LogP contribution in [0.4, 0.5) is 0 Å². The van der Waals surface area contributed by atoms with Crippen LogP contribution in [0, 0.1) is 0 Å². The van der Waals surface area contributed by atoms with E-state index in [9.17, 15) is 9.90 Å². The maximum atomic E-state index is 13.4. The summed E-state index contributed by atoms with van der Waals surface area (Å²) in [4.78, 5) is 25.1. The summed E-state index contributed by atoms with van der Waals surface area (Å²) in [5.41, 5.74) is 8.23. The van der Waals surface area contributed by atoms with Gasteiger partial charge in [0.25, 0.3) is 5.91 Å². The molecule has 0 bridgehead atoms. The van der Waals surface area contributed by atoms with E-state index in [1.54, 1.807) is 24.7 Å². The van der Waals surface area contributed by atoms with Gasteiger partial charge in [0.2, 0.25) is 0 Å². The third kappa shape index (κ3) is 3.11. The van der Waals surface area contributed by atoms with Crippen molar-refractivity contribution in [2.24, 2.45) is 0 Å². The van der Waals surface area contributed by atoms with Gasteiger partial charge in [-0.2, -0.15) is 0 Å². The smallest absolute Gasteiger partial charge is 0.252 e. The molecule has 6 heteroatoms. The SMILES string of the molecule is O=C(NC1c2ccccc2-c2c(-c3ccc(CO)nc3)cccc21)c1ccnc2[nH]ccc12. The van der Waals surface area contributed by atoms with Crippen molar-refractivity contribution in [2.45, 2.75) is 12.6 Å². The molecule has 3 N–H and O–H groups in total. The highest BCUT2D eigenvalue weighted by Crippen LogP contribution is 2.48. The fourth-order valence-corrected chi connectivity index (χ4v) is 4.70. The summed E-state index contributed by atoms with van der Waals surface area (Å²) >= 11 is 0. The third-order valence-corrected chi connectivity index (χ3v) is 6.23. The Balaban J connectivity index is 1.45. The number of carbonyl (C=O) groups excluding carboxylic acids is 1. The largest absolute Gasteiger partial charge is 0.390 e. The first kappa shape index (κ1) is 19.4. The number of benzene rings is 2. The average molecular weight is 432 g/mol. The lowest BCUT2D eigenvalue weighted by molar-refractivity contribution is 0.0945. The Morgan fingerprint density at radius 2 is 1.79 bits per heavy atom. The van der Waals surface area contributed by atoms with E-state index in [1.807, 2.05) is 36.4 Å². The van der Waals surface area contributed by atoms with Gasteiger partial charge in [-0.15, -0.1) is 0 Å². The van der Waals surface area contributed by atoms with Crippen molar-refractivity contribution in [1.29, 1.82) is 0 Å². The Morgan fingerprint density at radius 3 is 2.64 bits per heavy atom. The van der Waals surface area contributed by atoms with Crippen molar-refractivity contribution in [2.75, 3.05) is 0 Å². The van der Waals surface area contributed by atoms with Gasteiger partial charge >= 0.3 is 0 Å². The first-order valence-corrected chi connectivity index (χ1v) is 10.8. The second-order valence-corrected chi connectivity index (χ2v) is 8.06. The first-order chi connectivity index (χ1) is 16.2. The van der Waals surface area contributed by atoms with E-state index in [0.29, 0.717) is 16.9 Å². The van der Waals surface area contributed by atoms with Crippen molar-refractivity contribution in [3.63, 3.8) is 0 Å². The normalized spacial score (nSPS) is 14.2. The van der Waals surface area contributed by atoms with Gasteiger partial charge in [0.05, 0.1) is 23.9 Å². The maximum absolute atomic E-state index is 13.4. The van der Waals surface area contributed by atoms with Crippen LogP contribution < -0.4 is 5.32 Å². The number of aliphatic hydroxyl groups excluding tert-OH is 1. The quantitative estimate of drug-likeness (QED) is 0.387. The van der Waals surface area contributed by atoms with Crippen molar-refractivity contribution in [1.82, 2.24) is 20.3 Å². The molecule has 0 fully saturated rings. The minimum atomic E-state index is -0.268. The van der Waals surface area contributed by atoms with E-state index >= 15 is 0 Å². The van der Waals surface area contributed by atoms with Crippen LogP contribution in [0.5, 0.6) is 0 Å². The molecule has 5 aromatic rings. The van der Waals surface area contributed by atoms with E-state index in [-0.39, 0.29) is 18.6 Å². The van der Waals surface area contributed by atoms with Crippen LogP contribution in [0.1, 0.15) is 33.2 Å². The van der Waals surface area contributed by atoms with Crippen LogP contribution in [0.25, 0.3) is 33.3 Å². The lowest BCUT2D eigenvalue weighted by Gasteiger charge is -2.17. The predicted octanol–water partition coefficient (Wildman–Crippen LogP) is 4.62. The van der Waals surface area contributed by atoms with E-state index in [2.05, 4.69) is 44.5 Å². The molecule has 0 spiro atoms. The van der Waals surface area contributed by atoms with E-state index < -0.39 is 0 Å². The first-order valence-electron chi connectivity index (χ1n) is 10.8. The Bertz CT molecular complexity index is 1500. The number of aromatic nitrogens is 3. The number of rotatable bonds is 4. The highest BCUT2D eigenvalue weighted by molar-refractivity contribution is 6.06. The van der Waals surface area contributed by atoms with Gasteiger partial charge in [0.15, 0.2) is 0 Å². The van der Waals surface area contributed by atoms with E-state index in [4.69, 9.17) is 0 Å². The number of nitrogens with one attached hydrogen (secondary N) is 2. The second kappa shape index (κ2) is 7.69. The number of amides is 1. The molecule has 0 aliphatic heterocycles. The molecule has 6 nitrogen and oxygen atoms in total. The Morgan fingerprint density at radius 1 is 0.939 bits per heavy atom. The number of aliphatic hydroxyl groups is 1. The van der Waals surface area contributed by atoms with Gasteiger partial charge in [-0.3, -0.25) is 9.78 Å². The molecule has 0 radical (unpaired) electrons. The summed E-state index contributed by atoms with van der Waals surface area (Å²) in [6.07, 6.45) is 5.22. The number of pyridine rings is 2. The molecule has 1 atom stereocenters. The standard InChI is InChI=1S/C27H20N4O2/c32-15-17-9-8-16(14-30-17)18-6-3-7-23-24(18)19-4-1-2-5-20(19)25(23)31-27(33)22-11-13-29-26-21(22)10-12-28-26/h1-14,25,32H,15H2,(H,28,29)(H,31,33). The van der Waals surface area contributed by atoms with Crippen LogP contribution in [0.3, 0.4) is 0 Å². The van der Waals surface area contributed by atoms with Crippen LogP contribution >= 0.6 is 0 Å². The van der Waals surface area contributed by atoms with Gasteiger partial charge in [-0.25, -0.2) is 4.98 Å². The topological polar surface area (TPSA) is 90.9 Å². The lowest BCUT2D eigenvalue weighted by Crippen LogP contribution is -2.28. The maximum Gasteiger partial charge on any atom is 0.252 e. The van der Waals surface area contributed by atoms with Gasteiger partial charge in [0, 0.05) is 29.5 Å². The summed E-state index contributed by atoms with van der Waals surface area (Å²) in [6, 6.07) is 21.5. The predicted molar refractivity (Wildman–Crippen MR) is 126 cm³/mol. The zero-order chi connectivity index (χ0) is 22.4. The number of aromatic amines is 1. The van der Waals surface area contributed by atoms with Crippen LogP contribution in [0.2, 0.25) is 0 Å². The van der Waals surface area contributed by atoms with E-state index in [0.717, 1.165) is 38.8 Å². The number of nitrogens with zero attached hydrogens (tertiary/aromatic N) is 2. The highest BCUT2D eigenvalue weighted by Gasteiger charge is 2.32. The Kier molecular flexibility index (Phi) is 4.52. The number of H-pyrrole nitrogens is 1. The molecule has 2 aromatic carbocycles. The van der Waals surface area contributed by atoms with Crippen LogP contribution in [-0.2, 0) is 6.61 Å². The summed E-state index contributed by atoms with van der Waals surface area (Å²) < 4.78 is 0. The van der Waals surface area contributed by atoms with Gasteiger partial charge in [-0.1, -0.05) is 48.5 Å². The van der Waals surface area contributed by atoms with Gasteiger partial charge < -0.3 is 15.4 Å². The number of carbonyl (C=O) groups is 1. The van der Waals surface area contributed by atoms with Crippen molar-refractivity contribution in [3.05, 3.63) is 108 Å². The second-order valence-electron chi connectivity index (χ2n) is 8.06. The molecule has 3 heterocycles. The molecule has 0 saturated carbocycles. The number of fused-ring (bicyclic) bond motifs is 4. The van der Waals surface area contributed by atoms with Crippen molar-refractivity contribution >= 4 is 16.9 Å². The molecule has 0 saturated heterocycles. The van der Waals surface area contributed by atoms with Crippen molar-refractivity contribution in [3.8, 4) is 22.3 Å². The summed E-state index contributed by atoms with van der Waals surface area (Å²) in [5, 5.41) is 13.4. The number of hydrogen-bond donors (Lipinski definition) is 3. The zero-order valence-electron chi connectivity index (χ0n) is 17.6. The molecule has 6 rings (SSSR count). The molecule has 1 aliphatic carbocycles. The monoisotopic (exact) mass is 432 g/mol. The fraction of sp³-hybridized carbons (Fsp3) is 0.0741. The third-order valence-electron chi connectivity index (χ3n) is 6.23. The van der Waals surface area contributed by atoms with Crippen LogP contribution in [0.15, 0.2) is 85.3 Å². The summed E-state index contributed by atoms with van der Waals surface area (Å²) in [5.74, 6) is -0.144. The molecular formula is C27H20N4O2. The minimum absolute atomic E-state index is 0.0897. The summed E-state index contributed by atoms with van der Waals surface area (Å²) in [6.45, 7) is -0.0897. The number of hydrogen-bond acceptors (Lipinski definition) is 4. The minimum Gasteiger partial charge on any atom is -0.390 e. The zero-order valence-corrected chi connectivity index (χ0v) is 17.6. The molecule has 3 aromatic heterocycles. The van der Waals surface area contributed by atoms with E-state index in [1.165, 1.54) is 0 Å². The molecule has 1 aliphatic rings. The van der Waals surface area contributed by atoms with Crippen LogP contribution in [-0.4, -0.2) is 26.0 Å². The molecule has 160 valence electrons. The van der Waals surface area contributed by atoms with Crippen molar-refractivity contribution < 1.29 is 9.90 Å². The molecule has 1 amide bonds. The fourth-order valence-electron chi connectivity index (χ4n) is 4.70. The highest BCUT2D eigenvalue weighted by atomic mass is 16.3. The molecule has 1 unspecified atom stereocenters. The lowest BCUT2D eigenvalue weighted by atomic mass is 9.95. The molecule has 33 heavy (non-hydrogen) atoms.